The Balaban J connectivity index is 2.97. The lowest BCUT2D eigenvalue weighted by atomic mass is 10.1. The summed E-state index contributed by atoms with van der Waals surface area (Å²) in [5, 5.41) is 9.23. The second kappa shape index (κ2) is 5.79. The van der Waals surface area contributed by atoms with Gasteiger partial charge in [-0.05, 0) is 12.3 Å². The molecule has 0 saturated carbocycles. The first kappa shape index (κ1) is 15.1. The van der Waals surface area contributed by atoms with E-state index in [1.165, 1.54) is 17.6 Å². The molecule has 0 saturated heterocycles. The summed E-state index contributed by atoms with van der Waals surface area (Å²) in [5.74, 6) is -0.772. The zero-order valence-electron chi connectivity index (χ0n) is 10.6. The van der Waals surface area contributed by atoms with Gasteiger partial charge in [0.05, 0.1) is 12.1 Å². The topological polar surface area (TPSA) is 84.3 Å². The number of hydrogen-bond acceptors (Lipinski definition) is 5. The normalized spacial score (nSPS) is 12.0. The van der Waals surface area contributed by atoms with Crippen LogP contribution < -0.4 is 0 Å². The molecule has 1 aromatic rings. The summed E-state index contributed by atoms with van der Waals surface area (Å²) >= 11 is 1.30. The minimum Gasteiger partial charge on any atom is -0.481 e. The van der Waals surface area contributed by atoms with Gasteiger partial charge in [-0.2, -0.15) is 0 Å². The number of carboxylic acid groups (broad SMARTS) is 1. The van der Waals surface area contributed by atoms with Crippen LogP contribution in [0.15, 0.2) is 0 Å². The van der Waals surface area contributed by atoms with Gasteiger partial charge in [0.25, 0.3) is 0 Å². The van der Waals surface area contributed by atoms with Gasteiger partial charge >= 0.3 is 5.97 Å². The number of rotatable bonds is 6. The fourth-order valence-corrected chi connectivity index (χ4v) is 3.96. The molecule has 1 N–H and O–H groups in total. The minimum absolute atomic E-state index is 0.0419. The Kier molecular flexibility index (Phi) is 4.86. The van der Waals surface area contributed by atoms with Gasteiger partial charge in [0, 0.05) is 11.1 Å². The molecule has 0 unspecified atom stereocenters. The molecule has 0 aliphatic rings. The van der Waals surface area contributed by atoms with Gasteiger partial charge in [0.2, 0.25) is 0 Å². The molecular weight excluding hydrogens is 274 g/mol. The molecule has 0 aromatic carbocycles. The average Bonchev–Trinajstić information content (AvgIpc) is 2.55. The van der Waals surface area contributed by atoms with E-state index < -0.39 is 15.8 Å². The van der Waals surface area contributed by atoms with Crippen LogP contribution in [0.2, 0.25) is 0 Å². The average molecular weight is 291 g/mol. The van der Waals surface area contributed by atoms with Crippen molar-refractivity contribution in [3.63, 3.8) is 0 Å². The van der Waals surface area contributed by atoms with Crippen molar-refractivity contribution >= 4 is 27.1 Å². The molecule has 1 rings (SSSR count). The molecular formula is C11H17NO4S2. The molecule has 0 spiro atoms. The monoisotopic (exact) mass is 291 g/mol. The Hall–Kier alpha value is -0.950. The van der Waals surface area contributed by atoms with Crippen molar-refractivity contribution in [1.82, 2.24) is 4.98 Å². The SMILES string of the molecule is CC(C)c1nc(CS(C)(=O)=O)sc1CCC(=O)O. The molecule has 7 heteroatoms. The Morgan fingerprint density at radius 3 is 2.50 bits per heavy atom. The molecule has 18 heavy (non-hydrogen) atoms. The minimum atomic E-state index is -3.11. The number of carboxylic acids is 1. The van der Waals surface area contributed by atoms with Crippen LogP contribution in [0.25, 0.3) is 0 Å². The summed E-state index contributed by atoms with van der Waals surface area (Å²) in [5.41, 5.74) is 0.819. The van der Waals surface area contributed by atoms with E-state index in [9.17, 15) is 13.2 Å². The van der Waals surface area contributed by atoms with E-state index in [-0.39, 0.29) is 18.1 Å². The molecule has 0 radical (unpaired) electrons. The van der Waals surface area contributed by atoms with Gasteiger partial charge in [-0.15, -0.1) is 11.3 Å². The highest BCUT2D eigenvalue weighted by atomic mass is 32.2. The lowest BCUT2D eigenvalue weighted by Gasteiger charge is -2.03. The standard InChI is InChI=1S/C11H17NO4S2/c1-7(2)11-8(4-5-10(13)14)17-9(12-11)6-18(3,15)16/h7H,4-6H2,1-3H3,(H,13,14). The molecule has 0 amide bonds. The predicted octanol–water partition coefficient (Wildman–Crippen LogP) is 1.83. The van der Waals surface area contributed by atoms with Crippen LogP contribution in [-0.2, 0) is 26.8 Å². The predicted molar refractivity (Wildman–Crippen MR) is 70.7 cm³/mol. The number of carbonyl (C=O) groups is 1. The maximum Gasteiger partial charge on any atom is 0.303 e. The van der Waals surface area contributed by atoms with Crippen molar-refractivity contribution in [1.29, 1.82) is 0 Å². The van der Waals surface area contributed by atoms with E-state index in [0.29, 0.717) is 11.4 Å². The van der Waals surface area contributed by atoms with Gasteiger partial charge in [-0.3, -0.25) is 4.79 Å². The van der Waals surface area contributed by atoms with Crippen LogP contribution in [0.1, 0.15) is 41.8 Å². The number of hydrogen-bond donors (Lipinski definition) is 1. The lowest BCUT2D eigenvalue weighted by molar-refractivity contribution is -0.136. The molecule has 0 fully saturated rings. The molecule has 1 aromatic heterocycles. The Bertz CT molecular complexity index is 531. The summed E-state index contributed by atoms with van der Waals surface area (Å²) in [4.78, 5) is 15.8. The highest BCUT2D eigenvalue weighted by Crippen LogP contribution is 2.27. The number of thiazole rings is 1. The van der Waals surface area contributed by atoms with Crippen molar-refractivity contribution in [2.24, 2.45) is 0 Å². The zero-order chi connectivity index (χ0) is 13.9. The first-order chi connectivity index (χ1) is 8.19. The lowest BCUT2D eigenvalue weighted by Crippen LogP contribution is -2.01. The van der Waals surface area contributed by atoms with Gasteiger partial charge in [-0.25, -0.2) is 13.4 Å². The van der Waals surface area contributed by atoms with Gasteiger partial charge in [-0.1, -0.05) is 13.8 Å². The van der Waals surface area contributed by atoms with Gasteiger partial charge < -0.3 is 5.11 Å². The first-order valence-corrected chi connectivity index (χ1v) is 8.44. The Labute approximate surface area is 111 Å². The third-order valence-corrected chi connectivity index (χ3v) is 4.38. The summed E-state index contributed by atoms with van der Waals surface area (Å²) in [7, 11) is -3.11. The van der Waals surface area contributed by atoms with Crippen LogP contribution in [0, 0.1) is 0 Å². The fraction of sp³-hybridized carbons (Fsp3) is 0.636. The van der Waals surface area contributed by atoms with E-state index >= 15 is 0 Å². The largest absolute Gasteiger partial charge is 0.481 e. The van der Waals surface area contributed by atoms with Crippen molar-refractivity contribution in [2.45, 2.75) is 38.4 Å². The molecule has 0 atom stereocenters. The van der Waals surface area contributed by atoms with E-state index in [1.54, 1.807) is 0 Å². The summed E-state index contributed by atoms with van der Waals surface area (Å²) in [6, 6.07) is 0. The summed E-state index contributed by atoms with van der Waals surface area (Å²) < 4.78 is 22.5. The highest BCUT2D eigenvalue weighted by molar-refractivity contribution is 7.90. The Morgan fingerprint density at radius 2 is 2.06 bits per heavy atom. The van der Waals surface area contributed by atoms with Crippen molar-refractivity contribution in [3.05, 3.63) is 15.6 Å². The van der Waals surface area contributed by atoms with Gasteiger partial charge in [0.1, 0.15) is 10.8 Å². The molecule has 1 heterocycles. The third kappa shape index (κ3) is 4.73. The molecule has 0 bridgehead atoms. The number of sulfone groups is 1. The van der Waals surface area contributed by atoms with Crippen molar-refractivity contribution in [3.8, 4) is 0 Å². The maximum absolute atomic E-state index is 11.2. The van der Waals surface area contributed by atoms with Crippen molar-refractivity contribution in [2.75, 3.05) is 6.26 Å². The van der Waals surface area contributed by atoms with Crippen molar-refractivity contribution < 1.29 is 18.3 Å². The van der Waals surface area contributed by atoms with E-state index in [2.05, 4.69) is 4.98 Å². The second-order valence-electron chi connectivity index (χ2n) is 4.53. The highest BCUT2D eigenvalue weighted by Gasteiger charge is 2.17. The number of aryl methyl sites for hydroxylation is 1. The number of aliphatic carboxylic acids is 1. The molecule has 0 aliphatic heterocycles. The smallest absolute Gasteiger partial charge is 0.303 e. The van der Waals surface area contributed by atoms with E-state index in [1.807, 2.05) is 13.8 Å². The Morgan fingerprint density at radius 1 is 1.44 bits per heavy atom. The van der Waals surface area contributed by atoms with Gasteiger partial charge in [0.15, 0.2) is 9.84 Å². The molecule has 0 aliphatic carbocycles. The van der Waals surface area contributed by atoms with E-state index in [0.717, 1.165) is 10.6 Å². The summed E-state index contributed by atoms with van der Waals surface area (Å²) in [6.07, 6.45) is 1.62. The van der Waals surface area contributed by atoms with Crippen LogP contribution >= 0.6 is 11.3 Å². The fourth-order valence-electron chi connectivity index (χ4n) is 1.55. The van der Waals surface area contributed by atoms with Crippen LogP contribution in [0.3, 0.4) is 0 Å². The quantitative estimate of drug-likeness (QED) is 0.864. The summed E-state index contributed by atoms with van der Waals surface area (Å²) in [6.45, 7) is 3.92. The second-order valence-corrected chi connectivity index (χ2v) is 7.84. The number of aromatic nitrogens is 1. The maximum atomic E-state index is 11.2. The van der Waals surface area contributed by atoms with Crippen LogP contribution in [-0.4, -0.2) is 30.7 Å². The molecule has 102 valence electrons. The van der Waals surface area contributed by atoms with Crippen LogP contribution in [0.4, 0.5) is 0 Å². The third-order valence-electron chi connectivity index (χ3n) is 2.27. The number of nitrogens with zero attached hydrogens (tertiary/aromatic N) is 1. The molecule has 5 nitrogen and oxygen atoms in total. The van der Waals surface area contributed by atoms with Crippen LogP contribution in [0.5, 0.6) is 0 Å². The first-order valence-electron chi connectivity index (χ1n) is 5.57. The van der Waals surface area contributed by atoms with E-state index in [4.69, 9.17) is 5.11 Å². The zero-order valence-corrected chi connectivity index (χ0v) is 12.3.